The average molecular weight is 303 g/mol. The molecule has 0 unspecified atom stereocenters. The fourth-order valence-electron chi connectivity index (χ4n) is 2.57. The summed E-state index contributed by atoms with van der Waals surface area (Å²) in [6.07, 6.45) is 6.07. The van der Waals surface area contributed by atoms with Crippen molar-refractivity contribution in [3.8, 4) is 0 Å². The Morgan fingerprint density at radius 2 is 1.82 bits per heavy atom. The summed E-state index contributed by atoms with van der Waals surface area (Å²) in [5.74, 6) is -1.45. The minimum atomic E-state index is -0.872. The monoisotopic (exact) mass is 303 g/mol. The first-order chi connectivity index (χ1) is 10.7. The minimum absolute atomic E-state index is 0.178. The largest absolute Gasteiger partial charge is 0.481 e. The zero-order valence-electron chi connectivity index (χ0n) is 12.4. The summed E-state index contributed by atoms with van der Waals surface area (Å²) in [7, 11) is 0. The molecule has 0 aromatic heterocycles. The number of ether oxygens (including phenoxy) is 1. The van der Waals surface area contributed by atoms with Gasteiger partial charge in [0.05, 0.1) is 5.92 Å². The van der Waals surface area contributed by atoms with Gasteiger partial charge in [-0.1, -0.05) is 42.5 Å². The van der Waals surface area contributed by atoms with Crippen LogP contribution < -0.4 is 5.32 Å². The van der Waals surface area contributed by atoms with E-state index in [2.05, 4.69) is 5.32 Å². The Bertz CT molecular complexity index is 527. The molecule has 2 N–H and O–H groups in total. The van der Waals surface area contributed by atoms with Crippen LogP contribution in [0, 0.1) is 5.92 Å². The maximum atomic E-state index is 11.9. The lowest BCUT2D eigenvalue weighted by molar-refractivity contribution is -0.143. The third kappa shape index (κ3) is 4.91. The normalized spacial score (nSPS) is 22.9. The highest BCUT2D eigenvalue weighted by Crippen LogP contribution is 2.20. The summed E-state index contributed by atoms with van der Waals surface area (Å²) in [6.45, 7) is 0.178. The lowest BCUT2D eigenvalue weighted by Crippen LogP contribution is -2.43. The highest BCUT2D eigenvalue weighted by molar-refractivity contribution is 5.73. The Kier molecular flexibility index (Phi) is 6.01. The molecule has 22 heavy (non-hydrogen) atoms. The number of amides is 1. The molecule has 1 aliphatic rings. The second-order valence-electron chi connectivity index (χ2n) is 5.38. The quantitative estimate of drug-likeness (QED) is 0.838. The van der Waals surface area contributed by atoms with Crippen LogP contribution in [-0.2, 0) is 16.1 Å². The molecule has 5 heteroatoms. The summed E-state index contributed by atoms with van der Waals surface area (Å²) in [6, 6.07) is 8.98. The number of rotatable bonds is 4. The van der Waals surface area contributed by atoms with E-state index >= 15 is 0 Å². The number of benzene rings is 1. The smallest absolute Gasteiger partial charge is 0.407 e. The Morgan fingerprint density at radius 3 is 2.50 bits per heavy atom. The van der Waals surface area contributed by atoms with Crippen molar-refractivity contribution >= 4 is 12.1 Å². The van der Waals surface area contributed by atoms with E-state index in [0.717, 1.165) is 12.0 Å². The Hall–Kier alpha value is -2.30. The van der Waals surface area contributed by atoms with Crippen LogP contribution in [0.3, 0.4) is 0 Å². The van der Waals surface area contributed by atoms with E-state index in [-0.39, 0.29) is 6.61 Å². The van der Waals surface area contributed by atoms with Crippen LogP contribution in [0.25, 0.3) is 0 Å². The highest BCUT2D eigenvalue weighted by Gasteiger charge is 2.29. The number of nitrogens with one attached hydrogen (secondary N) is 1. The van der Waals surface area contributed by atoms with Crippen LogP contribution in [0.4, 0.5) is 4.79 Å². The number of carboxylic acid groups (broad SMARTS) is 1. The van der Waals surface area contributed by atoms with Crippen molar-refractivity contribution in [3.63, 3.8) is 0 Å². The molecule has 0 heterocycles. The molecule has 0 bridgehead atoms. The standard InChI is InChI=1S/C17H21NO4/c19-16(20)14-10-6-1-2-7-11-15(14)18-17(21)22-12-13-8-4-3-5-9-13/h1-5,8-9,14-15H,6-7,10-12H2,(H,18,21)(H,19,20)/b2-1-/t14-,15+/m1/s1. The predicted molar refractivity (Wildman–Crippen MR) is 82.3 cm³/mol. The number of carboxylic acids is 1. The third-order valence-corrected chi connectivity index (χ3v) is 3.77. The Balaban J connectivity index is 1.89. The van der Waals surface area contributed by atoms with Crippen molar-refractivity contribution in [1.82, 2.24) is 5.32 Å². The number of hydrogen-bond donors (Lipinski definition) is 2. The zero-order chi connectivity index (χ0) is 15.8. The van der Waals surface area contributed by atoms with Gasteiger partial charge in [0.15, 0.2) is 0 Å². The summed E-state index contributed by atoms with van der Waals surface area (Å²) in [4.78, 5) is 23.3. The van der Waals surface area contributed by atoms with Crippen molar-refractivity contribution in [2.45, 2.75) is 38.3 Å². The number of allylic oxidation sites excluding steroid dienone is 2. The fourth-order valence-corrected chi connectivity index (χ4v) is 2.57. The first kappa shape index (κ1) is 16.1. The second kappa shape index (κ2) is 8.22. The molecule has 1 aliphatic carbocycles. The number of alkyl carbamates (subject to hydrolysis) is 1. The zero-order valence-corrected chi connectivity index (χ0v) is 12.4. The van der Waals surface area contributed by atoms with Gasteiger partial charge in [-0.15, -0.1) is 0 Å². The first-order valence-electron chi connectivity index (χ1n) is 7.52. The summed E-state index contributed by atoms with van der Waals surface area (Å²) in [5, 5.41) is 12.0. The van der Waals surface area contributed by atoms with Crippen LogP contribution in [0.5, 0.6) is 0 Å². The van der Waals surface area contributed by atoms with E-state index in [4.69, 9.17) is 4.74 Å². The van der Waals surface area contributed by atoms with Gasteiger partial charge in [-0.3, -0.25) is 4.79 Å². The van der Waals surface area contributed by atoms with Gasteiger partial charge >= 0.3 is 12.1 Å². The van der Waals surface area contributed by atoms with Gasteiger partial charge in [-0.2, -0.15) is 0 Å². The van der Waals surface area contributed by atoms with Gasteiger partial charge in [0, 0.05) is 6.04 Å². The van der Waals surface area contributed by atoms with Crippen molar-refractivity contribution < 1.29 is 19.4 Å². The minimum Gasteiger partial charge on any atom is -0.481 e. The van der Waals surface area contributed by atoms with Crippen molar-refractivity contribution in [2.75, 3.05) is 0 Å². The molecular weight excluding hydrogens is 282 g/mol. The molecule has 5 nitrogen and oxygen atoms in total. The van der Waals surface area contributed by atoms with Crippen LogP contribution in [0.2, 0.25) is 0 Å². The van der Waals surface area contributed by atoms with Gasteiger partial charge in [-0.05, 0) is 31.2 Å². The molecule has 0 radical (unpaired) electrons. The summed E-state index contributed by atoms with van der Waals surface area (Å²) < 4.78 is 5.17. The molecule has 0 saturated heterocycles. The molecule has 0 saturated carbocycles. The van der Waals surface area contributed by atoms with E-state index in [0.29, 0.717) is 19.3 Å². The van der Waals surface area contributed by atoms with Crippen molar-refractivity contribution in [2.24, 2.45) is 5.92 Å². The van der Waals surface area contributed by atoms with Gasteiger partial charge in [0.25, 0.3) is 0 Å². The van der Waals surface area contributed by atoms with Crippen LogP contribution >= 0.6 is 0 Å². The summed E-state index contributed by atoms with van der Waals surface area (Å²) in [5.41, 5.74) is 0.896. The Labute approximate surface area is 130 Å². The van der Waals surface area contributed by atoms with Gasteiger partial charge in [0.1, 0.15) is 6.61 Å². The van der Waals surface area contributed by atoms with Gasteiger partial charge in [0.2, 0.25) is 0 Å². The lowest BCUT2D eigenvalue weighted by atomic mass is 9.89. The summed E-state index contributed by atoms with van der Waals surface area (Å²) >= 11 is 0. The topological polar surface area (TPSA) is 75.6 Å². The Morgan fingerprint density at radius 1 is 1.14 bits per heavy atom. The van der Waals surface area contributed by atoms with Crippen LogP contribution in [0.1, 0.15) is 31.2 Å². The molecule has 2 atom stereocenters. The van der Waals surface area contributed by atoms with Crippen molar-refractivity contribution in [3.05, 3.63) is 48.0 Å². The molecule has 1 amide bonds. The fraction of sp³-hybridized carbons (Fsp3) is 0.412. The van der Waals surface area contributed by atoms with E-state index in [1.165, 1.54) is 0 Å². The number of carbonyl (C=O) groups is 2. The average Bonchev–Trinajstić information content (AvgIpc) is 2.49. The van der Waals surface area contributed by atoms with Gasteiger partial charge < -0.3 is 15.2 Å². The highest BCUT2D eigenvalue weighted by atomic mass is 16.5. The molecular formula is C17H21NO4. The molecule has 2 rings (SSSR count). The number of hydrogen-bond acceptors (Lipinski definition) is 3. The SMILES string of the molecule is O=C(N[C@H]1CC/C=C\CC[C@H]1C(=O)O)OCc1ccccc1. The number of aliphatic carboxylic acids is 1. The van der Waals surface area contributed by atoms with E-state index < -0.39 is 24.0 Å². The molecule has 0 fully saturated rings. The molecule has 118 valence electrons. The molecule has 1 aromatic rings. The van der Waals surface area contributed by atoms with E-state index in [1.807, 2.05) is 42.5 Å². The lowest BCUT2D eigenvalue weighted by Gasteiger charge is -2.25. The first-order valence-corrected chi connectivity index (χ1v) is 7.52. The maximum absolute atomic E-state index is 11.9. The van der Waals surface area contributed by atoms with Gasteiger partial charge in [-0.25, -0.2) is 4.79 Å². The third-order valence-electron chi connectivity index (χ3n) is 3.77. The maximum Gasteiger partial charge on any atom is 0.407 e. The molecule has 0 aliphatic heterocycles. The van der Waals surface area contributed by atoms with E-state index in [9.17, 15) is 14.7 Å². The van der Waals surface area contributed by atoms with E-state index in [1.54, 1.807) is 0 Å². The second-order valence-corrected chi connectivity index (χ2v) is 5.38. The molecule has 0 spiro atoms. The predicted octanol–water partition coefficient (Wildman–Crippen LogP) is 3.11. The molecule has 1 aromatic carbocycles. The van der Waals surface area contributed by atoms with Crippen LogP contribution in [0.15, 0.2) is 42.5 Å². The van der Waals surface area contributed by atoms with Crippen molar-refractivity contribution in [1.29, 1.82) is 0 Å². The number of carbonyl (C=O) groups excluding carboxylic acids is 1. The van der Waals surface area contributed by atoms with Crippen LogP contribution in [-0.4, -0.2) is 23.2 Å².